The third-order valence-corrected chi connectivity index (χ3v) is 7.34. The summed E-state index contributed by atoms with van der Waals surface area (Å²) in [5, 5.41) is 3.40. The molecule has 26 heavy (non-hydrogen) atoms. The third kappa shape index (κ3) is 3.76. The van der Waals surface area contributed by atoms with E-state index in [4.69, 9.17) is 0 Å². The predicted molar refractivity (Wildman–Crippen MR) is 103 cm³/mol. The highest BCUT2D eigenvalue weighted by atomic mass is 32.2. The third-order valence-electron chi connectivity index (χ3n) is 5.46. The van der Waals surface area contributed by atoms with Crippen LogP contribution in [0.4, 0.5) is 5.82 Å². The van der Waals surface area contributed by atoms with Crippen molar-refractivity contribution in [2.24, 2.45) is 5.41 Å². The summed E-state index contributed by atoms with van der Waals surface area (Å²) in [4.78, 5) is 4.62. The molecular weight excluding hydrogens is 346 g/mol. The number of nitrogens with one attached hydrogen (secondary N) is 1. The molecule has 2 fully saturated rings. The van der Waals surface area contributed by atoms with Crippen molar-refractivity contribution < 1.29 is 8.42 Å². The molecular formula is C20H25N3O2S. The van der Waals surface area contributed by atoms with Gasteiger partial charge in [-0.05, 0) is 55.2 Å². The van der Waals surface area contributed by atoms with Crippen molar-refractivity contribution in [3.8, 4) is 0 Å². The van der Waals surface area contributed by atoms with Crippen LogP contribution in [0.2, 0.25) is 0 Å². The molecule has 4 rings (SSSR count). The first-order valence-electron chi connectivity index (χ1n) is 9.32. The van der Waals surface area contributed by atoms with Crippen LogP contribution >= 0.6 is 0 Å². The largest absolute Gasteiger partial charge is 0.370 e. The summed E-state index contributed by atoms with van der Waals surface area (Å²) in [5.41, 5.74) is 1.68. The molecule has 2 heterocycles. The first-order chi connectivity index (χ1) is 12.6. The van der Waals surface area contributed by atoms with Crippen LogP contribution in [0.5, 0.6) is 0 Å². The molecule has 0 spiro atoms. The van der Waals surface area contributed by atoms with Crippen molar-refractivity contribution in [2.75, 3.05) is 25.0 Å². The molecule has 0 atom stereocenters. The van der Waals surface area contributed by atoms with Gasteiger partial charge in [0.25, 0.3) is 0 Å². The van der Waals surface area contributed by atoms with Crippen LogP contribution in [0.1, 0.15) is 31.2 Å². The fourth-order valence-corrected chi connectivity index (χ4v) is 5.08. The summed E-state index contributed by atoms with van der Waals surface area (Å²) >= 11 is 0. The van der Waals surface area contributed by atoms with Crippen molar-refractivity contribution in [3.05, 3.63) is 54.2 Å². The highest BCUT2D eigenvalue weighted by Gasteiger charge is 2.42. The number of benzene rings is 1. The fourth-order valence-electron chi connectivity index (χ4n) is 3.61. The van der Waals surface area contributed by atoms with Gasteiger partial charge in [-0.1, -0.05) is 30.3 Å². The average Bonchev–Trinajstić information content (AvgIpc) is 3.19. The number of hydrogen-bond donors (Lipinski definition) is 1. The van der Waals surface area contributed by atoms with Crippen LogP contribution in [-0.2, 0) is 16.4 Å². The number of nitrogens with zero attached hydrogens (tertiary/aromatic N) is 2. The summed E-state index contributed by atoms with van der Waals surface area (Å²) in [6, 6.07) is 14.0. The van der Waals surface area contributed by atoms with Gasteiger partial charge < -0.3 is 5.32 Å². The lowest BCUT2D eigenvalue weighted by Gasteiger charge is -2.17. The normalized spacial score (nSPS) is 19.4. The zero-order valence-electron chi connectivity index (χ0n) is 14.9. The van der Waals surface area contributed by atoms with Crippen molar-refractivity contribution >= 4 is 15.8 Å². The highest BCUT2D eigenvalue weighted by molar-refractivity contribution is 7.89. The molecule has 1 aromatic heterocycles. The topological polar surface area (TPSA) is 62.3 Å². The molecule has 0 amide bonds. The summed E-state index contributed by atoms with van der Waals surface area (Å²) in [5.74, 6) is 0.740. The smallest absolute Gasteiger partial charge is 0.244 e. The number of pyridine rings is 1. The summed E-state index contributed by atoms with van der Waals surface area (Å²) < 4.78 is 26.6. The second kappa shape index (κ2) is 7.00. The molecule has 1 aliphatic carbocycles. The van der Waals surface area contributed by atoms with E-state index in [9.17, 15) is 8.42 Å². The van der Waals surface area contributed by atoms with Gasteiger partial charge in [0, 0.05) is 25.8 Å². The van der Waals surface area contributed by atoms with Gasteiger partial charge in [0.15, 0.2) is 0 Å². The number of rotatable bonds is 7. The van der Waals surface area contributed by atoms with Crippen LogP contribution in [0.3, 0.4) is 0 Å². The maximum absolute atomic E-state index is 12.5. The van der Waals surface area contributed by atoms with Crippen LogP contribution in [0.25, 0.3) is 0 Å². The Morgan fingerprint density at radius 1 is 1.04 bits per heavy atom. The van der Waals surface area contributed by atoms with E-state index in [0.717, 1.165) is 31.6 Å². The SMILES string of the molecule is O=S(=O)(c1ccc(NCC2(Cc3ccccc3)CC2)nc1)N1CCCC1. The molecule has 1 aromatic carbocycles. The van der Waals surface area contributed by atoms with Gasteiger partial charge >= 0.3 is 0 Å². The second-order valence-corrected chi connectivity index (χ2v) is 9.44. The summed E-state index contributed by atoms with van der Waals surface area (Å²) in [7, 11) is -3.38. The molecule has 2 aromatic rings. The van der Waals surface area contributed by atoms with E-state index in [1.807, 2.05) is 6.07 Å². The van der Waals surface area contributed by atoms with Gasteiger partial charge in [-0.3, -0.25) is 0 Å². The lowest BCUT2D eigenvalue weighted by molar-refractivity contribution is 0.477. The van der Waals surface area contributed by atoms with Crippen LogP contribution in [-0.4, -0.2) is 37.3 Å². The Bertz CT molecular complexity index is 840. The van der Waals surface area contributed by atoms with E-state index in [2.05, 4.69) is 34.6 Å². The molecule has 0 radical (unpaired) electrons. The van der Waals surface area contributed by atoms with Gasteiger partial charge in [0.2, 0.25) is 10.0 Å². The number of anilines is 1. The maximum Gasteiger partial charge on any atom is 0.244 e. The second-order valence-electron chi connectivity index (χ2n) is 7.51. The van der Waals surface area contributed by atoms with Gasteiger partial charge in [-0.15, -0.1) is 0 Å². The summed E-state index contributed by atoms with van der Waals surface area (Å²) in [6.07, 6.45) is 6.87. The number of sulfonamides is 1. The van der Waals surface area contributed by atoms with Gasteiger partial charge in [0.05, 0.1) is 0 Å². The minimum Gasteiger partial charge on any atom is -0.370 e. The highest BCUT2D eigenvalue weighted by Crippen LogP contribution is 2.48. The van der Waals surface area contributed by atoms with Crippen molar-refractivity contribution in [1.82, 2.24) is 9.29 Å². The van der Waals surface area contributed by atoms with Crippen LogP contribution < -0.4 is 5.32 Å². The zero-order valence-corrected chi connectivity index (χ0v) is 15.7. The molecule has 0 bridgehead atoms. The molecule has 2 aliphatic rings. The lowest BCUT2D eigenvalue weighted by Crippen LogP contribution is -2.28. The molecule has 0 unspecified atom stereocenters. The van der Waals surface area contributed by atoms with Gasteiger partial charge in [0.1, 0.15) is 10.7 Å². The van der Waals surface area contributed by atoms with Gasteiger partial charge in [-0.25, -0.2) is 13.4 Å². The van der Waals surface area contributed by atoms with Crippen LogP contribution in [0.15, 0.2) is 53.6 Å². The molecule has 1 aliphatic heterocycles. The summed E-state index contributed by atoms with van der Waals surface area (Å²) in [6.45, 7) is 2.10. The molecule has 1 saturated carbocycles. The lowest BCUT2D eigenvalue weighted by atomic mass is 9.96. The van der Waals surface area contributed by atoms with Gasteiger partial charge in [-0.2, -0.15) is 4.31 Å². The predicted octanol–water partition coefficient (Wildman–Crippen LogP) is 3.30. The monoisotopic (exact) mass is 371 g/mol. The molecule has 1 saturated heterocycles. The Kier molecular flexibility index (Phi) is 4.71. The Labute approximate surface area is 155 Å². The van der Waals surface area contributed by atoms with Crippen molar-refractivity contribution in [3.63, 3.8) is 0 Å². The molecule has 5 nitrogen and oxygen atoms in total. The standard InChI is InChI=1S/C20H25N3O2S/c24-26(25,23-12-4-5-13-23)18-8-9-19(21-15-18)22-16-20(10-11-20)14-17-6-2-1-3-7-17/h1-3,6-9,15H,4-5,10-14,16H2,(H,21,22). The van der Waals surface area contributed by atoms with Crippen molar-refractivity contribution in [2.45, 2.75) is 37.0 Å². The fraction of sp³-hybridized carbons (Fsp3) is 0.450. The quantitative estimate of drug-likeness (QED) is 0.811. The number of hydrogen-bond acceptors (Lipinski definition) is 4. The van der Waals surface area contributed by atoms with E-state index < -0.39 is 10.0 Å². The molecule has 138 valence electrons. The van der Waals surface area contributed by atoms with E-state index in [1.54, 1.807) is 16.4 Å². The first kappa shape index (κ1) is 17.5. The average molecular weight is 372 g/mol. The molecule has 6 heteroatoms. The van der Waals surface area contributed by atoms with Crippen LogP contribution in [0, 0.1) is 5.41 Å². The number of aromatic nitrogens is 1. The van der Waals surface area contributed by atoms with E-state index in [-0.39, 0.29) is 4.90 Å². The zero-order chi connectivity index (χ0) is 18.0. The molecule has 1 N–H and O–H groups in total. The van der Waals surface area contributed by atoms with Crippen molar-refractivity contribution in [1.29, 1.82) is 0 Å². The Hall–Kier alpha value is -1.92. The minimum absolute atomic E-state index is 0.287. The Morgan fingerprint density at radius 2 is 1.77 bits per heavy atom. The van der Waals surface area contributed by atoms with E-state index in [1.165, 1.54) is 24.6 Å². The Morgan fingerprint density at radius 3 is 2.38 bits per heavy atom. The Balaban J connectivity index is 1.37. The van der Waals surface area contributed by atoms with E-state index >= 15 is 0 Å². The minimum atomic E-state index is -3.38. The van der Waals surface area contributed by atoms with E-state index in [0.29, 0.717) is 18.5 Å². The maximum atomic E-state index is 12.5. The first-order valence-corrected chi connectivity index (χ1v) is 10.8.